The van der Waals surface area contributed by atoms with E-state index in [1.165, 1.54) is 5.56 Å². The van der Waals surface area contributed by atoms with Gasteiger partial charge >= 0.3 is 0 Å². The van der Waals surface area contributed by atoms with Crippen molar-refractivity contribution in [3.8, 4) is 11.8 Å². The van der Waals surface area contributed by atoms with E-state index in [9.17, 15) is 0 Å². The molecule has 0 amide bonds. The summed E-state index contributed by atoms with van der Waals surface area (Å²) in [5, 5.41) is 17.5. The van der Waals surface area contributed by atoms with Gasteiger partial charge in [-0.15, -0.1) is 0 Å². The van der Waals surface area contributed by atoms with Gasteiger partial charge in [0.25, 0.3) is 0 Å². The Kier molecular flexibility index (Phi) is 11.7. The third-order valence-electron chi connectivity index (χ3n) is 4.38. The summed E-state index contributed by atoms with van der Waals surface area (Å²) in [5.74, 6) is 0.292. The van der Waals surface area contributed by atoms with Gasteiger partial charge in [0.05, 0.1) is 6.07 Å². The lowest BCUT2D eigenvalue weighted by Gasteiger charge is -2.07. The lowest BCUT2D eigenvalue weighted by molar-refractivity contribution is 0.475. The number of phenolic OH excluding ortho intramolecular Hbond substituents is 1. The van der Waals surface area contributed by atoms with Gasteiger partial charge in [0.15, 0.2) is 0 Å². The average molecular weight is 420 g/mol. The van der Waals surface area contributed by atoms with Crippen molar-refractivity contribution in [1.29, 1.82) is 5.26 Å². The Morgan fingerprint density at radius 3 is 1.81 bits per heavy atom. The Morgan fingerprint density at radius 1 is 0.750 bits per heavy atom. The standard InChI is InChI=1S/C14H13N.C8H8O.C8H8/c1-4-12-7-6-8-13(14(12)5-2)9-11(3)10-15;1-2-7-3-5-8(9)6-4-7;1-2-8-6-4-3-5-7-8/h4-8H,1-3,9H2;2-6,9H,1H2;2-7H,1H2. The molecule has 1 N–H and O–H groups in total. The van der Waals surface area contributed by atoms with Gasteiger partial charge in [-0.2, -0.15) is 5.26 Å². The van der Waals surface area contributed by atoms with E-state index in [0.717, 1.165) is 22.3 Å². The molecule has 0 spiro atoms. The topological polar surface area (TPSA) is 44.0 Å². The molecule has 0 saturated heterocycles. The minimum Gasteiger partial charge on any atom is -0.508 e. The molecule has 0 atom stereocenters. The van der Waals surface area contributed by atoms with E-state index in [2.05, 4.69) is 32.9 Å². The van der Waals surface area contributed by atoms with Crippen molar-refractivity contribution in [1.82, 2.24) is 0 Å². The van der Waals surface area contributed by atoms with Gasteiger partial charge in [-0.05, 0) is 39.9 Å². The normalized spacial score (nSPS) is 8.84. The summed E-state index contributed by atoms with van der Waals surface area (Å²) in [6, 6.07) is 24.9. The van der Waals surface area contributed by atoms with Crippen LogP contribution >= 0.6 is 0 Å². The molecule has 0 radical (unpaired) electrons. The molecule has 0 aliphatic carbocycles. The van der Waals surface area contributed by atoms with Crippen molar-refractivity contribution < 1.29 is 5.11 Å². The zero-order valence-electron chi connectivity index (χ0n) is 18.4. The number of hydrogen-bond donors (Lipinski definition) is 1. The predicted molar refractivity (Wildman–Crippen MR) is 140 cm³/mol. The number of rotatable bonds is 6. The average Bonchev–Trinajstić information content (AvgIpc) is 2.85. The molecule has 0 heterocycles. The van der Waals surface area contributed by atoms with Crippen LogP contribution in [0, 0.1) is 11.3 Å². The summed E-state index contributed by atoms with van der Waals surface area (Å²) in [5.41, 5.74) is 5.88. The first-order valence-electron chi connectivity index (χ1n) is 10.0. The van der Waals surface area contributed by atoms with Crippen molar-refractivity contribution in [3.05, 3.63) is 139 Å². The molecule has 3 aromatic rings. The Bertz CT molecular complexity index is 1080. The van der Waals surface area contributed by atoms with E-state index in [-0.39, 0.29) is 0 Å². The quantitative estimate of drug-likeness (QED) is 0.412. The fraction of sp³-hybridized carbons (Fsp3) is 0.0333. The fourth-order valence-corrected chi connectivity index (χ4v) is 2.68. The van der Waals surface area contributed by atoms with Gasteiger partial charge in [0.1, 0.15) is 5.75 Å². The molecule has 0 aliphatic heterocycles. The van der Waals surface area contributed by atoms with Crippen LogP contribution in [-0.4, -0.2) is 5.11 Å². The summed E-state index contributed by atoms with van der Waals surface area (Å²) in [4.78, 5) is 0. The Hall–Kier alpha value is -4.35. The molecule has 160 valence electrons. The first-order chi connectivity index (χ1) is 15.5. The number of aromatic hydroxyl groups is 1. The van der Waals surface area contributed by atoms with Crippen LogP contribution < -0.4 is 0 Å². The molecule has 3 aromatic carbocycles. The van der Waals surface area contributed by atoms with E-state index in [0.29, 0.717) is 17.7 Å². The molecule has 2 nitrogen and oxygen atoms in total. The number of allylic oxidation sites excluding steroid dienone is 1. The second-order valence-electron chi connectivity index (χ2n) is 6.63. The Morgan fingerprint density at radius 2 is 1.34 bits per heavy atom. The highest BCUT2D eigenvalue weighted by Crippen LogP contribution is 2.19. The summed E-state index contributed by atoms with van der Waals surface area (Å²) < 4.78 is 0. The maximum Gasteiger partial charge on any atom is 0.115 e. The van der Waals surface area contributed by atoms with E-state index >= 15 is 0 Å². The van der Waals surface area contributed by atoms with Crippen LogP contribution in [0.4, 0.5) is 0 Å². The van der Waals surface area contributed by atoms with Crippen LogP contribution in [0.15, 0.2) is 111 Å². The number of nitrogens with zero attached hydrogens (tertiary/aromatic N) is 1. The summed E-state index contributed by atoms with van der Waals surface area (Å²) >= 11 is 0. The van der Waals surface area contributed by atoms with Gasteiger partial charge in [0, 0.05) is 12.0 Å². The molecule has 0 fully saturated rings. The summed E-state index contributed by atoms with van der Waals surface area (Å²) in [7, 11) is 0. The monoisotopic (exact) mass is 419 g/mol. The van der Waals surface area contributed by atoms with Crippen LogP contribution in [0.2, 0.25) is 0 Å². The summed E-state index contributed by atoms with van der Waals surface area (Å²) in [6.45, 7) is 18.4. The number of nitriles is 1. The molecule has 3 rings (SSSR count). The minimum absolute atomic E-state index is 0.292. The molecule has 0 saturated carbocycles. The molecular formula is C30H29NO. The van der Waals surface area contributed by atoms with E-state index in [1.807, 2.05) is 72.8 Å². The zero-order valence-corrected chi connectivity index (χ0v) is 18.4. The Balaban J connectivity index is 0.000000257. The van der Waals surface area contributed by atoms with Gasteiger partial charge in [-0.25, -0.2) is 0 Å². The van der Waals surface area contributed by atoms with Gasteiger partial charge in [0.2, 0.25) is 0 Å². The molecule has 0 unspecified atom stereocenters. The van der Waals surface area contributed by atoms with Crippen molar-refractivity contribution in [2.75, 3.05) is 0 Å². The third kappa shape index (κ3) is 8.98. The van der Waals surface area contributed by atoms with Crippen LogP contribution in [0.25, 0.3) is 24.3 Å². The van der Waals surface area contributed by atoms with E-state index in [1.54, 1.807) is 30.4 Å². The highest BCUT2D eigenvalue weighted by atomic mass is 16.3. The highest BCUT2D eigenvalue weighted by Gasteiger charge is 2.04. The largest absolute Gasteiger partial charge is 0.508 e. The second kappa shape index (κ2) is 14.6. The van der Waals surface area contributed by atoms with Crippen LogP contribution in [0.5, 0.6) is 5.75 Å². The third-order valence-corrected chi connectivity index (χ3v) is 4.38. The predicted octanol–water partition coefficient (Wildman–Crippen LogP) is 7.96. The van der Waals surface area contributed by atoms with Crippen LogP contribution in [0.3, 0.4) is 0 Å². The molecule has 32 heavy (non-hydrogen) atoms. The smallest absolute Gasteiger partial charge is 0.115 e. The molecule has 0 bridgehead atoms. The number of benzene rings is 3. The molecular weight excluding hydrogens is 390 g/mol. The highest BCUT2D eigenvalue weighted by molar-refractivity contribution is 5.66. The fourth-order valence-electron chi connectivity index (χ4n) is 2.68. The van der Waals surface area contributed by atoms with Crippen molar-refractivity contribution in [3.63, 3.8) is 0 Å². The lowest BCUT2D eigenvalue weighted by Crippen LogP contribution is -1.93. The number of hydrogen-bond acceptors (Lipinski definition) is 2. The molecule has 0 aliphatic rings. The van der Waals surface area contributed by atoms with Gasteiger partial charge < -0.3 is 5.11 Å². The minimum atomic E-state index is 0.292. The van der Waals surface area contributed by atoms with Gasteiger partial charge in [-0.1, -0.05) is 118 Å². The molecule has 2 heteroatoms. The maximum absolute atomic E-state index is 8.82. The first-order valence-corrected chi connectivity index (χ1v) is 10.0. The van der Waals surface area contributed by atoms with E-state index in [4.69, 9.17) is 10.4 Å². The van der Waals surface area contributed by atoms with Crippen LogP contribution in [0.1, 0.15) is 27.8 Å². The Labute approximate surface area is 192 Å². The second-order valence-corrected chi connectivity index (χ2v) is 6.63. The zero-order chi connectivity index (χ0) is 23.8. The van der Waals surface area contributed by atoms with Crippen molar-refractivity contribution >= 4 is 24.3 Å². The first kappa shape index (κ1) is 25.7. The maximum atomic E-state index is 8.82. The lowest BCUT2D eigenvalue weighted by atomic mass is 9.96. The van der Waals surface area contributed by atoms with Crippen molar-refractivity contribution in [2.45, 2.75) is 6.42 Å². The van der Waals surface area contributed by atoms with Crippen LogP contribution in [-0.2, 0) is 6.42 Å². The molecule has 0 aromatic heterocycles. The van der Waals surface area contributed by atoms with Crippen molar-refractivity contribution in [2.24, 2.45) is 0 Å². The van der Waals surface area contributed by atoms with Gasteiger partial charge in [-0.3, -0.25) is 0 Å². The number of phenols is 1. The van der Waals surface area contributed by atoms with E-state index < -0.39 is 0 Å². The summed E-state index contributed by atoms with van der Waals surface area (Å²) in [6.07, 6.45) is 7.71. The SMILES string of the molecule is C=Cc1ccc(O)cc1.C=Cc1cccc(CC(=C)C#N)c1C=C.C=Cc1ccccc1.